The molecule has 0 saturated carbocycles. The van der Waals surface area contributed by atoms with Gasteiger partial charge in [-0.2, -0.15) is 0 Å². The van der Waals surface area contributed by atoms with Gasteiger partial charge in [0.25, 0.3) is 0 Å². The monoisotopic (exact) mass is 782 g/mol. The van der Waals surface area contributed by atoms with Gasteiger partial charge in [0.1, 0.15) is 0 Å². The smallest absolute Gasteiger partial charge is 0.000740 e. The summed E-state index contributed by atoms with van der Waals surface area (Å²) in [5, 5.41) is 18.1. The first-order valence-corrected chi connectivity index (χ1v) is 21.6. The second-order valence-corrected chi connectivity index (χ2v) is 16.7. The molecular weight excluding hydrogens is 745 g/mol. The fourth-order valence-electron chi connectivity index (χ4n) is 10.8. The zero-order valence-electron chi connectivity index (χ0n) is 33.9. The van der Waals surface area contributed by atoms with Crippen LogP contribution in [0.4, 0.5) is 0 Å². The Morgan fingerprint density at radius 3 is 1.03 bits per heavy atom. The van der Waals surface area contributed by atoms with Gasteiger partial charge >= 0.3 is 0 Å². The molecule has 0 N–H and O–H groups in total. The Bertz CT molecular complexity index is 3820. The van der Waals surface area contributed by atoms with Crippen LogP contribution in [0.2, 0.25) is 0 Å². The molecule has 0 aliphatic heterocycles. The molecule has 13 aromatic carbocycles. The van der Waals surface area contributed by atoms with Gasteiger partial charge in [0.2, 0.25) is 0 Å². The van der Waals surface area contributed by atoms with Crippen LogP contribution in [0.5, 0.6) is 0 Å². The van der Waals surface area contributed by atoms with Crippen LogP contribution < -0.4 is 0 Å². The van der Waals surface area contributed by atoms with E-state index in [0.717, 1.165) is 0 Å². The van der Waals surface area contributed by atoms with Crippen molar-refractivity contribution in [3.05, 3.63) is 231 Å². The molecule has 0 radical (unpaired) electrons. The number of rotatable bonds is 5. The Balaban J connectivity index is 1.13. The molecule has 0 nitrogen and oxygen atoms in total. The molecule has 0 spiro atoms. The summed E-state index contributed by atoms with van der Waals surface area (Å²) in [5.74, 6) is 0. The summed E-state index contributed by atoms with van der Waals surface area (Å²) < 4.78 is 0. The molecule has 0 heteroatoms. The maximum atomic E-state index is 2.39. The molecule has 13 rings (SSSR count). The standard InChI is InChI=1S/C62H38/c1-4-18-39(19-5-1)42-36-43(40-20-6-2-7-21-40)38-44(37-42)45-34-35-54(47-25-11-10-24-46(45)47)58-49-27-13-15-29-53(49)62-60-51(31-17-33-56(58)60)50-30-16-32-55-57(41-22-8-3-9-23-41)48-26-12-14-28-52(48)61(62)59(50)55/h1-38H. The number of benzene rings is 13. The lowest BCUT2D eigenvalue weighted by Gasteiger charge is -2.23. The van der Waals surface area contributed by atoms with Crippen molar-refractivity contribution in [2.75, 3.05) is 0 Å². The highest BCUT2D eigenvalue weighted by Gasteiger charge is 2.24. The van der Waals surface area contributed by atoms with Gasteiger partial charge in [0.05, 0.1) is 0 Å². The first kappa shape index (κ1) is 34.8. The average molecular weight is 783 g/mol. The van der Waals surface area contributed by atoms with Crippen molar-refractivity contribution in [3.63, 3.8) is 0 Å². The third-order valence-electron chi connectivity index (χ3n) is 13.4. The minimum Gasteiger partial charge on any atom is -0.0622 e. The quantitative estimate of drug-likeness (QED) is 0.120. The molecule has 0 aromatic heterocycles. The molecule has 62 heavy (non-hydrogen) atoms. The van der Waals surface area contributed by atoms with E-state index >= 15 is 0 Å². The molecular formula is C62H38. The van der Waals surface area contributed by atoms with Crippen LogP contribution in [0, 0.1) is 0 Å². The highest BCUT2D eigenvalue weighted by molar-refractivity contribution is 6.45. The topological polar surface area (TPSA) is 0 Å². The third-order valence-corrected chi connectivity index (χ3v) is 13.4. The zero-order valence-corrected chi connectivity index (χ0v) is 33.9. The zero-order chi connectivity index (χ0) is 40.7. The summed E-state index contributed by atoms with van der Waals surface area (Å²) in [4.78, 5) is 0. The van der Waals surface area contributed by atoms with Crippen LogP contribution in [0.1, 0.15) is 0 Å². The van der Waals surface area contributed by atoms with Crippen LogP contribution in [-0.4, -0.2) is 0 Å². The Hall–Kier alpha value is -8.06. The molecule has 0 unspecified atom stereocenters. The van der Waals surface area contributed by atoms with Crippen molar-refractivity contribution in [3.8, 4) is 55.6 Å². The number of hydrogen-bond acceptors (Lipinski definition) is 0. The molecule has 0 aliphatic carbocycles. The summed E-state index contributed by atoms with van der Waals surface area (Å²) in [6.45, 7) is 0. The average Bonchev–Trinajstić information content (AvgIpc) is 3.35. The molecule has 0 amide bonds. The summed E-state index contributed by atoms with van der Waals surface area (Å²) in [6.07, 6.45) is 0. The highest BCUT2D eigenvalue weighted by Crippen LogP contribution is 2.52. The molecule has 0 atom stereocenters. The van der Waals surface area contributed by atoms with Gasteiger partial charge in [-0.25, -0.2) is 0 Å². The van der Waals surface area contributed by atoms with E-state index in [1.165, 1.54) is 131 Å². The van der Waals surface area contributed by atoms with Crippen molar-refractivity contribution < 1.29 is 0 Å². The maximum Gasteiger partial charge on any atom is -0.000740 e. The largest absolute Gasteiger partial charge is 0.0622 e. The second kappa shape index (κ2) is 13.7. The molecule has 0 bridgehead atoms. The van der Waals surface area contributed by atoms with E-state index in [0.29, 0.717) is 0 Å². The van der Waals surface area contributed by atoms with Gasteiger partial charge in [0.15, 0.2) is 0 Å². The second-order valence-electron chi connectivity index (χ2n) is 16.7. The van der Waals surface area contributed by atoms with E-state index in [1.807, 2.05) is 0 Å². The van der Waals surface area contributed by atoms with E-state index in [1.54, 1.807) is 0 Å². The predicted molar refractivity (Wildman–Crippen MR) is 267 cm³/mol. The van der Waals surface area contributed by atoms with Crippen molar-refractivity contribution in [2.24, 2.45) is 0 Å². The summed E-state index contributed by atoms with van der Waals surface area (Å²) in [5.41, 5.74) is 12.4. The lowest BCUT2D eigenvalue weighted by atomic mass is 9.79. The van der Waals surface area contributed by atoms with E-state index < -0.39 is 0 Å². The summed E-state index contributed by atoms with van der Waals surface area (Å²) >= 11 is 0. The highest BCUT2D eigenvalue weighted by atomic mass is 14.3. The normalized spacial score (nSPS) is 11.9. The van der Waals surface area contributed by atoms with Gasteiger partial charge < -0.3 is 0 Å². The van der Waals surface area contributed by atoms with Crippen LogP contribution in [0.25, 0.3) is 131 Å². The predicted octanol–water partition coefficient (Wildman–Crippen LogP) is 17.5. The van der Waals surface area contributed by atoms with Gasteiger partial charge in [0, 0.05) is 0 Å². The van der Waals surface area contributed by atoms with E-state index in [4.69, 9.17) is 0 Å². The maximum absolute atomic E-state index is 2.39. The Morgan fingerprint density at radius 2 is 0.500 bits per heavy atom. The Labute approximate surface area is 359 Å². The van der Waals surface area contributed by atoms with E-state index in [9.17, 15) is 0 Å². The minimum atomic E-state index is 1.21. The fraction of sp³-hybridized carbons (Fsp3) is 0. The Kier molecular flexibility index (Phi) is 7.71. The van der Waals surface area contributed by atoms with Crippen molar-refractivity contribution in [1.29, 1.82) is 0 Å². The van der Waals surface area contributed by atoms with E-state index in [2.05, 4.69) is 231 Å². The minimum absolute atomic E-state index is 1.21. The number of hydrogen-bond donors (Lipinski definition) is 0. The lowest BCUT2D eigenvalue weighted by Crippen LogP contribution is -1.95. The Morgan fingerprint density at radius 1 is 0.161 bits per heavy atom. The van der Waals surface area contributed by atoms with Crippen molar-refractivity contribution in [2.45, 2.75) is 0 Å². The fourth-order valence-corrected chi connectivity index (χ4v) is 10.8. The molecule has 286 valence electrons. The SMILES string of the molecule is c1ccc(-c2cc(-c3ccccc3)cc(-c3ccc(-c4c5ccccc5c5c6c4cccc6c4cccc6c(-c7ccccc7)c7ccccc7c5c64)c4ccccc34)c2)cc1. The van der Waals surface area contributed by atoms with Crippen LogP contribution >= 0.6 is 0 Å². The molecule has 13 aromatic rings. The first-order valence-electron chi connectivity index (χ1n) is 21.6. The van der Waals surface area contributed by atoms with Crippen molar-refractivity contribution in [1.82, 2.24) is 0 Å². The summed E-state index contributed by atoms with van der Waals surface area (Å²) in [7, 11) is 0. The van der Waals surface area contributed by atoms with Crippen LogP contribution in [0.3, 0.4) is 0 Å². The molecule has 0 heterocycles. The van der Waals surface area contributed by atoms with Crippen LogP contribution in [0.15, 0.2) is 231 Å². The van der Waals surface area contributed by atoms with Gasteiger partial charge in [-0.05, 0) is 149 Å². The number of fused-ring (bicyclic) bond motifs is 7. The van der Waals surface area contributed by atoms with E-state index in [-0.39, 0.29) is 0 Å². The molecule has 0 fully saturated rings. The van der Waals surface area contributed by atoms with Gasteiger partial charge in [-0.3, -0.25) is 0 Å². The summed E-state index contributed by atoms with van der Waals surface area (Å²) in [6, 6.07) is 85.5. The van der Waals surface area contributed by atoms with Gasteiger partial charge in [-0.15, -0.1) is 0 Å². The first-order chi connectivity index (χ1) is 30.8. The van der Waals surface area contributed by atoms with Gasteiger partial charge in [-0.1, -0.05) is 212 Å². The van der Waals surface area contributed by atoms with Crippen molar-refractivity contribution >= 4 is 75.4 Å². The molecule has 0 aliphatic rings. The van der Waals surface area contributed by atoms with Crippen LogP contribution in [-0.2, 0) is 0 Å². The molecule has 0 saturated heterocycles. The third kappa shape index (κ3) is 5.14. The lowest BCUT2D eigenvalue weighted by molar-refractivity contribution is 1.57.